The molecular formula is C9H14O. The van der Waals surface area contributed by atoms with E-state index in [2.05, 4.69) is 0 Å². The van der Waals surface area contributed by atoms with E-state index in [9.17, 15) is 0 Å². The van der Waals surface area contributed by atoms with Gasteiger partial charge in [0.2, 0.25) is 0 Å². The van der Waals surface area contributed by atoms with Crippen LogP contribution in [0.4, 0.5) is 0 Å². The first kappa shape index (κ1) is 9.18. The standard InChI is InChI=1S/C8H10O.CH4/c1-7(9)8-5-3-2-4-6-8;/h2-7,9H,1H3;1H4. The Morgan fingerprint density at radius 2 is 1.70 bits per heavy atom. The van der Waals surface area contributed by atoms with Crippen LogP contribution in [0.25, 0.3) is 0 Å². The fourth-order valence-corrected chi connectivity index (χ4v) is 0.732. The van der Waals surface area contributed by atoms with Gasteiger partial charge in [-0.2, -0.15) is 0 Å². The molecule has 0 radical (unpaired) electrons. The molecule has 0 aliphatic rings. The molecule has 0 aliphatic carbocycles. The quantitative estimate of drug-likeness (QED) is 0.631. The van der Waals surface area contributed by atoms with Gasteiger partial charge in [0.1, 0.15) is 0 Å². The third-order valence-corrected chi connectivity index (χ3v) is 1.28. The Kier molecular flexibility index (Phi) is 3.74. The third kappa shape index (κ3) is 2.19. The summed E-state index contributed by atoms with van der Waals surface area (Å²) >= 11 is 0. The summed E-state index contributed by atoms with van der Waals surface area (Å²) in [5, 5.41) is 9.02. The first-order valence-corrected chi connectivity index (χ1v) is 3.03. The summed E-state index contributed by atoms with van der Waals surface area (Å²) in [5.74, 6) is 0. The van der Waals surface area contributed by atoms with Crippen molar-refractivity contribution in [3.63, 3.8) is 0 Å². The van der Waals surface area contributed by atoms with Gasteiger partial charge in [-0.1, -0.05) is 37.8 Å². The average molecular weight is 138 g/mol. The molecule has 0 bridgehead atoms. The topological polar surface area (TPSA) is 20.2 Å². The van der Waals surface area contributed by atoms with Gasteiger partial charge in [-0.15, -0.1) is 0 Å². The largest absolute Gasteiger partial charge is 0.389 e. The van der Waals surface area contributed by atoms with Crippen LogP contribution in [0.5, 0.6) is 0 Å². The second kappa shape index (κ2) is 4.07. The third-order valence-electron chi connectivity index (χ3n) is 1.28. The van der Waals surface area contributed by atoms with Crippen LogP contribution in [0.15, 0.2) is 30.3 Å². The molecule has 0 saturated heterocycles. The normalized spacial score (nSPS) is 11.8. The number of aliphatic hydroxyl groups is 1. The minimum atomic E-state index is -0.341. The Bertz CT molecular complexity index is 167. The van der Waals surface area contributed by atoms with Gasteiger partial charge in [0.25, 0.3) is 0 Å². The van der Waals surface area contributed by atoms with Gasteiger partial charge >= 0.3 is 0 Å². The summed E-state index contributed by atoms with van der Waals surface area (Å²) in [6, 6.07) is 9.59. The van der Waals surface area contributed by atoms with E-state index in [0.717, 1.165) is 5.56 Å². The summed E-state index contributed by atoms with van der Waals surface area (Å²) in [6.45, 7) is 1.76. The van der Waals surface area contributed by atoms with Gasteiger partial charge in [-0.25, -0.2) is 0 Å². The number of aliphatic hydroxyl groups excluding tert-OH is 1. The van der Waals surface area contributed by atoms with Crippen LogP contribution in [0, 0.1) is 0 Å². The second-order valence-corrected chi connectivity index (χ2v) is 2.09. The molecule has 0 aromatic heterocycles. The molecule has 0 heterocycles. The van der Waals surface area contributed by atoms with E-state index in [4.69, 9.17) is 5.11 Å². The van der Waals surface area contributed by atoms with Gasteiger partial charge in [-0.3, -0.25) is 0 Å². The molecule has 1 aromatic carbocycles. The van der Waals surface area contributed by atoms with Crippen molar-refractivity contribution in [1.29, 1.82) is 0 Å². The van der Waals surface area contributed by atoms with E-state index in [-0.39, 0.29) is 13.5 Å². The Balaban J connectivity index is 0.000000810. The number of rotatable bonds is 1. The van der Waals surface area contributed by atoms with E-state index >= 15 is 0 Å². The van der Waals surface area contributed by atoms with Gasteiger partial charge < -0.3 is 5.11 Å². The molecule has 0 spiro atoms. The van der Waals surface area contributed by atoms with Crippen LogP contribution in [-0.4, -0.2) is 5.11 Å². The van der Waals surface area contributed by atoms with Crippen molar-refractivity contribution in [2.24, 2.45) is 0 Å². The monoisotopic (exact) mass is 138 g/mol. The average Bonchev–Trinajstić information content (AvgIpc) is 1.90. The fraction of sp³-hybridized carbons (Fsp3) is 0.333. The summed E-state index contributed by atoms with van der Waals surface area (Å²) in [6.07, 6.45) is -0.341. The number of benzene rings is 1. The fourth-order valence-electron chi connectivity index (χ4n) is 0.732. The minimum Gasteiger partial charge on any atom is -0.389 e. The second-order valence-electron chi connectivity index (χ2n) is 2.09. The van der Waals surface area contributed by atoms with E-state index in [1.54, 1.807) is 6.92 Å². The molecule has 56 valence electrons. The van der Waals surface area contributed by atoms with E-state index in [1.807, 2.05) is 30.3 Å². The lowest BCUT2D eigenvalue weighted by atomic mass is 10.1. The highest BCUT2D eigenvalue weighted by molar-refractivity contribution is 5.16. The lowest BCUT2D eigenvalue weighted by Gasteiger charge is -2.00. The van der Waals surface area contributed by atoms with Gasteiger partial charge in [0.05, 0.1) is 6.10 Å². The highest BCUT2D eigenvalue weighted by Gasteiger charge is 1.95. The van der Waals surface area contributed by atoms with Crippen molar-refractivity contribution in [3.8, 4) is 0 Å². The smallest absolute Gasteiger partial charge is 0.0761 e. The van der Waals surface area contributed by atoms with E-state index in [1.165, 1.54) is 0 Å². The molecule has 1 N–H and O–H groups in total. The maximum Gasteiger partial charge on any atom is 0.0761 e. The van der Waals surface area contributed by atoms with Crippen LogP contribution in [0.3, 0.4) is 0 Å². The molecule has 1 aromatic rings. The molecule has 0 saturated carbocycles. The molecule has 0 aliphatic heterocycles. The molecule has 0 amide bonds. The lowest BCUT2D eigenvalue weighted by molar-refractivity contribution is 0.199. The van der Waals surface area contributed by atoms with Crippen molar-refractivity contribution in [2.75, 3.05) is 0 Å². The van der Waals surface area contributed by atoms with Gasteiger partial charge in [-0.05, 0) is 12.5 Å². The molecule has 1 unspecified atom stereocenters. The predicted molar refractivity (Wildman–Crippen MR) is 43.8 cm³/mol. The molecule has 10 heavy (non-hydrogen) atoms. The summed E-state index contributed by atoms with van der Waals surface area (Å²) in [5.41, 5.74) is 0.970. The zero-order valence-corrected chi connectivity index (χ0v) is 5.41. The Hall–Kier alpha value is -0.820. The first-order valence-electron chi connectivity index (χ1n) is 3.03. The Morgan fingerprint density at radius 3 is 2.00 bits per heavy atom. The zero-order chi connectivity index (χ0) is 6.69. The zero-order valence-electron chi connectivity index (χ0n) is 5.41. The molecule has 1 heteroatoms. The van der Waals surface area contributed by atoms with Crippen molar-refractivity contribution in [3.05, 3.63) is 35.9 Å². The Morgan fingerprint density at radius 1 is 1.20 bits per heavy atom. The maximum absolute atomic E-state index is 9.02. The van der Waals surface area contributed by atoms with E-state index < -0.39 is 0 Å². The molecular weight excluding hydrogens is 124 g/mol. The maximum atomic E-state index is 9.02. The summed E-state index contributed by atoms with van der Waals surface area (Å²) in [4.78, 5) is 0. The van der Waals surface area contributed by atoms with Crippen LogP contribution < -0.4 is 0 Å². The van der Waals surface area contributed by atoms with Crippen molar-refractivity contribution >= 4 is 0 Å². The predicted octanol–water partition coefficient (Wildman–Crippen LogP) is 2.38. The highest BCUT2D eigenvalue weighted by atomic mass is 16.3. The molecule has 1 rings (SSSR count). The van der Waals surface area contributed by atoms with Gasteiger partial charge in [0, 0.05) is 0 Å². The van der Waals surface area contributed by atoms with Crippen molar-refractivity contribution in [1.82, 2.24) is 0 Å². The highest BCUT2D eigenvalue weighted by Crippen LogP contribution is 2.08. The Labute approximate surface area is 62.3 Å². The number of hydrogen-bond acceptors (Lipinski definition) is 1. The van der Waals surface area contributed by atoms with Crippen molar-refractivity contribution in [2.45, 2.75) is 20.5 Å². The molecule has 0 fully saturated rings. The SMILES string of the molecule is C.CC(O)c1ccccc1. The number of hydrogen-bond donors (Lipinski definition) is 1. The molecule has 1 nitrogen and oxygen atoms in total. The van der Waals surface area contributed by atoms with Crippen LogP contribution in [-0.2, 0) is 0 Å². The van der Waals surface area contributed by atoms with Gasteiger partial charge in [0.15, 0.2) is 0 Å². The minimum absolute atomic E-state index is 0. The van der Waals surface area contributed by atoms with Crippen LogP contribution in [0.1, 0.15) is 26.0 Å². The summed E-state index contributed by atoms with van der Waals surface area (Å²) in [7, 11) is 0. The lowest BCUT2D eigenvalue weighted by Crippen LogP contribution is -1.87. The van der Waals surface area contributed by atoms with E-state index in [0.29, 0.717) is 0 Å². The molecule has 1 atom stereocenters. The van der Waals surface area contributed by atoms with Crippen LogP contribution >= 0.6 is 0 Å². The van der Waals surface area contributed by atoms with Crippen molar-refractivity contribution < 1.29 is 5.11 Å². The van der Waals surface area contributed by atoms with Crippen LogP contribution in [0.2, 0.25) is 0 Å². The first-order chi connectivity index (χ1) is 4.30. The summed E-state index contributed by atoms with van der Waals surface area (Å²) < 4.78 is 0.